The average Bonchev–Trinajstić information content (AvgIpc) is 2.64. The van der Waals surface area contributed by atoms with E-state index in [2.05, 4.69) is 5.32 Å². The zero-order chi connectivity index (χ0) is 18.4. The van der Waals surface area contributed by atoms with Gasteiger partial charge in [-0.25, -0.2) is 4.79 Å². The second-order valence-corrected chi connectivity index (χ2v) is 7.00. The van der Waals surface area contributed by atoms with Crippen molar-refractivity contribution >= 4 is 40.2 Å². The Labute approximate surface area is 159 Å². The first-order valence-corrected chi connectivity index (χ1v) is 9.28. The lowest BCUT2D eigenvalue weighted by atomic mass is 10.2. The van der Waals surface area contributed by atoms with Crippen molar-refractivity contribution in [2.75, 3.05) is 18.9 Å². The fourth-order valence-corrected chi connectivity index (χ4v) is 3.12. The van der Waals surface area contributed by atoms with Crippen LogP contribution < -0.4 is 15.7 Å². The van der Waals surface area contributed by atoms with Crippen LogP contribution in [0.2, 0.25) is 5.02 Å². The summed E-state index contributed by atoms with van der Waals surface area (Å²) in [5.74, 6) is 1.00. The number of fused-ring (bicyclic) bond motifs is 1. The standard InChI is InChI=1S/C19H16ClNO4S/c20-14-3-6-16(7-4-14)26-10-9-21-18(22)12-24-15-5-1-13-2-8-19(23)25-17(13)11-15/h1-8,11H,9-10,12H2,(H,21,22). The Balaban J connectivity index is 1.42. The molecule has 2 aromatic carbocycles. The van der Waals surface area contributed by atoms with Crippen LogP contribution in [0.4, 0.5) is 0 Å². The molecule has 0 aliphatic heterocycles. The maximum absolute atomic E-state index is 11.9. The highest BCUT2D eigenvalue weighted by atomic mass is 35.5. The molecule has 0 fully saturated rings. The Bertz CT molecular complexity index is 956. The minimum atomic E-state index is -0.425. The Hall–Kier alpha value is -2.44. The van der Waals surface area contributed by atoms with Crippen molar-refractivity contribution in [3.8, 4) is 5.75 Å². The van der Waals surface area contributed by atoms with Crippen LogP contribution in [0.25, 0.3) is 11.0 Å². The third kappa shape index (κ3) is 5.28. The molecular weight excluding hydrogens is 374 g/mol. The normalized spacial score (nSPS) is 10.7. The van der Waals surface area contributed by atoms with Crippen LogP contribution >= 0.6 is 23.4 Å². The van der Waals surface area contributed by atoms with Crippen LogP contribution in [0, 0.1) is 0 Å². The molecule has 26 heavy (non-hydrogen) atoms. The number of nitrogens with one attached hydrogen (secondary N) is 1. The van der Waals surface area contributed by atoms with Crippen molar-refractivity contribution < 1.29 is 13.9 Å². The maximum atomic E-state index is 11.9. The average molecular weight is 390 g/mol. The summed E-state index contributed by atoms with van der Waals surface area (Å²) in [4.78, 5) is 24.2. The van der Waals surface area contributed by atoms with Gasteiger partial charge in [-0.05, 0) is 42.5 Å². The minimum Gasteiger partial charge on any atom is -0.484 e. The molecule has 3 aromatic rings. The van der Waals surface area contributed by atoms with Gasteiger partial charge in [-0.1, -0.05) is 11.6 Å². The molecule has 5 nitrogen and oxygen atoms in total. The fourth-order valence-electron chi connectivity index (χ4n) is 2.22. The van der Waals surface area contributed by atoms with Gasteiger partial charge in [0, 0.05) is 39.7 Å². The zero-order valence-corrected chi connectivity index (χ0v) is 15.3. The van der Waals surface area contributed by atoms with E-state index in [4.69, 9.17) is 20.8 Å². The van der Waals surface area contributed by atoms with Crippen LogP contribution in [-0.4, -0.2) is 24.8 Å². The Kier molecular flexibility index (Phi) is 6.20. The van der Waals surface area contributed by atoms with Crippen molar-refractivity contribution in [2.45, 2.75) is 4.90 Å². The molecule has 1 aromatic heterocycles. The second-order valence-electron chi connectivity index (χ2n) is 5.40. The smallest absolute Gasteiger partial charge is 0.336 e. The fraction of sp³-hybridized carbons (Fsp3) is 0.158. The lowest BCUT2D eigenvalue weighted by molar-refractivity contribution is -0.122. The van der Waals surface area contributed by atoms with E-state index >= 15 is 0 Å². The van der Waals surface area contributed by atoms with E-state index in [9.17, 15) is 9.59 Å². The SMILES string of the molecule is O=C(COc1ccc2ccc(=O)oc2c1)NCCSc1ccc(Cl)cc1. The van der Waals surface area contributed by atoms with E-state index in [1.54, 1.807) is 36.0 Å². The van der Waals surface area contributed by atoms with Gasteiger partial charge in [0.15, 0.2) is 6.61 Å². The van der Waals surface area contributed by atoms with E-state index in [1.807, 2.05) is 24.3 Å². The molecule has 1 heterocycles. The van der Waals surface area contributed by atoms with Crippen molar-refractivity contribution in [1.82, 2.24) is 5.32 Å². The molecule has 0 unspecified atom stereocenters. The van der Waals surface area contributed by atoms with Crippen LogP contribution in [0.3, 0.4) is 0 Å². The molecule has 0 bridgehead atoms. The van der Waals surface area contributed by atoms with E-state index in [-0.39, 0.29) is 12.5 Å². The van der Waals surface area contributed by atoms with Crippen LogP contribution in [-0.2, 0) is 4.79 Å². The molecule has 0 spiro atoms. The number of ether oxygens (including phenoxy) is 1. The molecule has 0 aliphatic rings. The number of halogens is 1. The Morgan fingerprint density at radius 2 is 1.88 bits per heavy atom. The van der Waals surface area contributed by atoms with Gasteiger partial charge in [-0.3, -0.25) is 4.79 Å². The third-order valence-electron chi connectivity index (χ3n) is 3.47. The third-order valence-corrected chi connectivity index (χ3v) is 4.74. The van der Waals surface area contributed by atoms with Gasteiger partial charge in [-0.2, -0.15) is 0 Å². The van der Waals surface area contributed by atoms with Gasteiger partial charge in [-0.15, -0.1) is 11.8 Å². The molecule has 0 atom stereocenters. The highest BCUT2D eigenvalue weighted by Crippen LogP contribution is 2.20. The quantitative estimate of drug-likeness (QED) is 0.379. The van der Waals surface area contributed by atoms with Crippen molar-refractivity contribution in [3.63, 3.8) is 0 Å². The largest absolute Gasteiger partial charge is 0.484 e. The molecule has 3 rings (SSSR count). The molecule has 1 N–H and O–H groups in total. The number of hydrogen-bond donors (Lipinski definition) is 1. The van der Waals surface area contributed by atoms with E-state index in [0.717, 1.165) is 16.0 Å². The summed E-state index contributed by atoms with van der Waals surface area (Å²) in [6, 6.07) is 15.7. The van der Waals surface area contributed by atoms with Crippen molar-refractivity contribution in [2.24, 2.45) is 0 Å². The number of amides is 1. The molecule has 0 saturated heterocycles. The first kappa shape index (κ1) is 18.4. The van der Waals surface area contributed by atoms with Gasteiger partial charge in [0.1, 0.15) is 11.3 Å². The van der Waals surface area contributed by atoms with Gasteiger partial charge in [0.2, 0.25) is 0 Å². The second kappa shape index (κ2) is 8.78. The summed E-state index contributed by atoms with van der Waals surface area (Å²) in [5.41, 5.74) is 0.000327. The van der Waals surface area contributed by atoms with E-state index in [0.29, 0.717) is 22.9 Å². The number of benzene rings is 2. The lowest BCUT2D eigenvalue weighted by Gasteiger charge is -2.08. The minimum absolute atomic E-state index is 0.103. The molecule has 1 amide bonds. The van der Waals surface area contributed by atoms with Gasteiger partial charge in [0.25, 0.3) is 5.91 Å². The summed E-state index contributed by atoms with van der Waals surface area (Å²) in [7, 11) is 0. The zero-order valence-electron chi connectivity index (χ0n) is 13.7. The van der Waals surface area contributed by atoms with E-state index in [1.165, 1.54) is 6.07 Å². The van der Waals surface area contributed by atoms with Crippen LogP contribution in [0.1, 0.15) is 0 Å². The Morgan fingerprint density at radius 1 is 1.12 bits per heavy atom. The summed E-state index contributed by atoms with van der Waals surface area (Å²) >= 11 is 7.47. The van der Waals surface area contributed by atoms with E-state index < -0.39 is 5.63 Å². The molecule has 0 aliphatic carbocycles. The monoisotopic (exact) mass is 389 g/mol. The predicted octanol–water partition coefficient (Wildman–Crippen LogP) is 3.73. The highest BCUT2D eigenvalue weighted by molar-refractivity contribution is 7.99. The number of carbonyl (C=O) groups excluding carboxylic acids is 1. The molecular formula is C19H16ClNO4S. The summed E-state index contributed by atoms with van der Waals surface area (Å²) in [5, 5.41) is 4.29. The van der Waals surface area contributed by atoms with Crippen molar-refractivity contribution in [1.29, 1.82) is 0 Å². The summed E-state index contributed by atoms with van der Waals surface area (Å²) in [6.07, 6.45) is 0. The molecule has 0 saturated carbocycles. The predicted molar refractivity (Wildman–Crippen MR) is 103 cm³/mol. The molecule has 134 valence electrons. The summed E-state index contributed by atoms with van der Waals surface area (Å²) in [6.45, 7) is 0.427. The van der Waals surface area contributed by atoms with Gasteiger partial charge < -0.3 is 14.5 Å². The Morgan fingerprint density at radius 3 is 2.69 bits per heavy atom. The lowest BCUT2D eigenvalue weighted by Crippen LogP contribution is -2.30. The highest BCUT2D eigenvalue weighted by Gasteiger charge is 2.05. The van der Waals surface area contributed by atoms with Gasteiger partial charge >= 0.3 is 5.63 Å². The van der Waals surface area contributed by atoms with Gasteiger partial charge in [0.05, 0.1) is 0 Å². The molecule has 7 heteroatoms. The topological polar surface area (TPSA) is 68.5 Å². The van der Waals surface area contributed by atoms with Crippen LogP contribution in [0.15, 0.2) is 68.7 Å². The first-order valence-electron chi connectivity index (χ1n) is 7.92. The number of rotatable bonds is 7. The number of hydrogen-bond acceptors (Lipinski definition) is 5. The maximum Gasteiger partial charge on any atom is 0.336 e. The summed E-state index contributed by atoms with van der Waals surface area (Å²) < 4.78 is 10.5. The van der Waals surface area contributed by atoms with Crippen molar-refractivity contribution in [3.05, 3.63) is 70.0 Å². The van der Waals surface area contributed by atoms with Crippen LogP contribution in [0.5, 0.6) is 5.75 Å². The first-order chi connectivity index (χ1) is 12.6. The number of thioether (sulfide) groups is 1. The molecule has 0 radical (unpaired) electrons. The number of carbonyl (C=O) groups is 1.